The molecule has 1 fully saturated rings. The lowest BCUT2D eigenvalue weighted by Crippen LogP contribution is -2.42. The SMILES string of the molecule is O[C@H]1CC2(CCCCC2)Oc2cc(Br)ccc21. The molecule has 0 radical (unpaired) electrons. The molecular weight excluding hydrogens is 280 g/mol. The Hall–Kier alpha value is -0.540. The fourth-order valence-electron chi connectivity index (χ4n) is 3.11. The molecule has 1 N–H and O–H groups in total. The van der Waals surface area contributed by atoms with Gasteiger partial charge in [0.05, 0.1) is 6.10 Å². The number of aliphatic hydroxyl groups is 1. The highest BCUT2D eigenvalue weighted by atomic mass is 79.9. The first-order chi connectivity index (χ1) is 8.19. The number of halogens is 1. The van der Waals surface area contributed by atoms with Crippen LogP contribution < -0.4 is 4.74 Å². The Kier molecular flexibility index (Phi) is 2.91. The Labute approximate surface area is 110 Å². The van der Waals surface area contributed by atoms with Crippen LogP contribution >= 0.6 is 15.9 Å². The van der Waals surface area contributed by atoms with Crippen LogP contribution in [-0.2, 0) is 0 Å². The average Bonchev–Trinajstić information content (AvgIpc) is 2.29. The molecule has 1 heterocycles. The van der Waals surface area contributed by atoms with Crippen molar-refractivity contribution in [3.05, 3.63) is 28.2 Å². The van der Waals surface area contributed by atoms with E-state index in [1.54, 1.807) is 0 Å². The monoisotopic (exact) mass is 296 g/mol. The molecule has 0 amide bonds. The Morgan fingerprint density at radius 2 is 2.00 bits per heavy atom. The van der Waals surface area contributed by atoms with Gasteiger partial charge in [0, 0.05) is 16.5 Å². The highest BCUT2D eigenvalue weighted by Crippen LogP contribution is 2.46. The first-order valence-electron chi connectivity index (χ1n) is 6.35. The van der Waals surface area contributed by atoms with Gasteiger partial charge in [-0.2, -0.15) is 0 Å². The molecule has 1 aliphatic heterocycles. The largest absolute Gasteiger partial charge is 0.487 e. The minimum atomic E-state index is -0.370. The quantitative estimate of drug-likeness (QED) is 0.785. The van der Waals surface area contributed by atoms with E-state index < -0.39 is 0 Å². The third kappa shape index (κ3) is 2.11. The van der Waals surface area contributed by atoms with Crippen molar-refractivity contribution in [1.29, 1.82) is 0 Å². The van der Waals surface area contributed by atoms with Gasteiger partial charge in [-0.25, -0.2) is 0 Å². The van der Waals surface area contributed by atoms with Crippen molar-refractivity contribution in [2.75, 3.05) is 0 Å². The second-order valence-corrected chi connectivity index (χ2v) is 6.16. The van der Waals surface area contributed by atoms with Crippen molar-refractivity contribution in [3.8, 4) is 5.75 Å². The van der Waals surface area contributed by atoms with Gasteiger partial charge < -0.3 is 9.84 Å². The smallest absolute Gasteiger partial charge is 0.127 e. The molecule has 1 atom stereocenters. The van der Waals surface area contributed by atoms with Gasteiger partial charge in [0.2, 0.25) is 0 Å². The van der Waals surface area contributed by atoms with Gasteiger partial charge in [0.1, 0.15) is 11.4 Å². The molecule has 1 aromatic rings. The Balaban J connectivity index is 1.95. The summed E-state index contributed by atoms with van der Waals surface area (Å²) >= 11 is 3.46. The number of ether oxygens (including phenoxy) is 1. The maximum atomic E-state index is 10.3. The molecule has 1 spiro atoms. The summed E-state index contributed by atoms with van der Waals surface area (Å²) in [6.45, 7) is 0. The summed E-state index contributed by atoms with van der Waals surface area (Å²) in [6.07, 6.45) is 6.27. The maximum Gasteiger partial charge on any atom is 0.127 e. The van der Waals surface area contributed by atoms with E-state index in [2.05, 4.69) is 15.9 Å². The fraction of sp³-hybridized carbons (Fsp3) is 0.571. The highest BCUT2D eigenvalue weighted by Gasteiger charge is 2.41. The zero-order valence-electron chi connectivity index (χ0n) is 9.79. The van der Waals surface area contributed by atoms with Gasteiger partial charge in [-0.3, -0.25) is 0 Å². The summed E-state index contributed by atoms with van der Waals surface area (Å²) in [6, 6.07) is 5.90. The first kappa shape index (κ1) is 11.5. The predicted molar refractivity (Wildman–Crippen MR) is 70.2 cm³/mol. The van der Waals surface area contributed by atoms with E-state index >= 15 is 0 Å². The zero-order chi connectivity index (χ0) is 11.9. The molecule has 1 aromatic carbocycles. The second kappa shape index (κ2) is 4.29. The summed E-state index contributed by atoms with van der Waals surface area (Å²) in [5.41, 5.74) is 0.829. The van der Waals surface area contributed by atoms with Crippen molar-refractivity contribution < 1.29 is 9.84 Å². The molecule has 0 saturated heterocycles. The molecule has 0 aromatic heterocycles. The van der Waals surface area contributed by atoms with Gasteiger partial charge in [-0.1, -0.05) is 28.4 Å². The van der Waals surface area contributed by atoms with E-state index in [4.69, 9.17) is 4.74 Å². The first-order valence-corrected chi connectivity index (χ1v) is 7.14. The zero-order valence-corrected chi connectivity index (χ0v) is 11.4. The molecule has 3 heteroatoms. The standard InChI is InChI=1S/C14H17BrO2/c15-10-4-5-11-12(16)9-14(17-13(11)8-10)6-2-1-3-7-14/h4-5,8,12,16H,1-3,6-7,9H2/t12-/m0/s1. The number of rotatable bonds is 0. The molecule has 0 bridgehead atoms. The van der Waals surface area contributed by atoms with E-state index in [0.717, 1.165) is 35.0 Å². The summed E-state index contributed by atoms with van der Waals surface area (Å²) in [5.74, 6) is 0.861. The second-order valence-electron chi connectivity index (χ2n) is 5.25. The van der Waals surface area contributed by atoms with Crippen LogP contribution in [0.3, 0.4) is 0 Å². The van der Waals surface area contributed by atoms with E-state index in [0.29, 0.717) is 0 Å². The number of hydrogen-bond donors (Lipinski definition) is 1. The van der Waals surface area contributed by atoms with Crippen molar-refractivity contribution in [3.63, 3.8) is 0 Å². The fourth-order valence-corrected chi connectivity index (χ4v) is 3.45. The third-order valence-electron chi connectivity index (χ3n) is 3.99. The Bertz CT molecular complexity index is 424. The van der Waals surface area contributed by atoms with Crippen molar-refractivity contribution in [2.24, 2.45) is 0 Å². The van der Waals surface area contributed by atoms with Gasteiger partial charge in [0.15, 0.2) is 0 Å². The van der Waals surface area contributed by atoms with Crippen LogP contribution in [0.1, 0.15) is 50.2 Å². The molecule has 2 aliphatic rings. The lowest BCUT2D eigenvalue weighted by atomic mass is 9.78. The van der Waals surface area contributed by atoms with E-state index in [9.17, 15) is 5.11 Å². The topological polar surface area (TPSA) is 29.5 Å². The van der Waals surface area contributed by atoms with E-state index in [1.165, 1.54) is 19.3 Å². The van der Waals surface area contributed by atoms with Crippen molar-refractivity contribution in [1.82, 2.24) is 0 Å². The number of benzene rings is 1. The Morgan fingerprint density at radius 1 is 1.24 bits per heavy atom. The van der Waals surface area contributed by atoms with Crippen LogP contribution in [0.25, 0.3) is 0 Å². The summed E-state index contributed by atoms with van der Waals surface area (Å²) in [5, 5.41) is 10.3. The van der Waals surface area contributed by atoms with Crippen molar-refractivity contribution >= 4 is 15.9 Å². The van der Waals surface area contributed by atoms with E-state index in [-0.39, 0.29) is 11.7 Å². The average molecular weight is 297 g/mol. The van der Waals surface area contributed by atoms with Crippen LogP contribution in [0.15, 0.2) is 22.7 Å². The molecule has 1 aliphatic carbocycles. The summed E-state index contributed by atoms with van der Waals surface area (Å²) in [7, 11) is 0. The highest BCUT2D eigenvalue weighted by molar-refractivity contribution is 9.10. The molecule has 1 saturated carbocycles. The lowest BCUT2D eigenvalue weighted by molar-refractivity contribution is -0.0382. The van der Waals surface area contributed by atoms with Crippen LogP contribution in [0, 0.1) is 0 Å². The Morgan fingerprint density at radius 3 is 2.76 bits per heavy atom. The van der Waals surface area contributed by atoms with Crippen LogP contribution in [-0.4, -0.2) is 10.7 Å². The number of aliphatic hydroxyl groups excluding tert-OH is 1. The van der Waals surface area contributed by atoms with Gasteiger partial charge >= 0.3 is 0 Å². The van der Waals surface area contributed by atoms with E-state index in [1.807, 2.05) is 18.2 Å². The number of hydrogen-bond acceptors (Lipinski definition) is 2. The molecule has 2 nitrogen and oxygen atoms in total. The molecule has 3 rings (SSSR count). The number of fused-ring (bicyclic) bond motifs is 1. The maximum absolute atomic E-state index is 10.3. The molecule has 17 heavy (non-hydrogen) atoms. The predicted octanol–water partition coefficient (Wildman–Crippen LogP) is 3.97. The van der Waals surface area contributed by atoms with Gasteiger partial charge in [-0.15, -0.1) is 0 Å². The lowest BCUT2D eigenvalue weighted by Gasteiger charge is -2.43. The molecule has 92 valence electrons. The summed E-state index contributed by atoms with van der Waals surface area (Å²) in [4.78, 5) is 0. The molecular formula is C14H17BrO2. The normalized spacial score (nSPS) is 26.4. The minimum absolute atomic E-state index is 0.106. The van der Waals surface area contributed by atoms with Crippen LogP contribution in [0.4, 0.5) is 0 Å². The van der Waals surface area contributed by atoms with Crippen molar-refractivity contribution in [2.45, 2.75) is 50.2 Å². The van der Waals surface area contributed by atoms with Crippen LogP contribution in [0.5, 0.6) is 5.75 Å². The third-order valence-corrected chi connectivity index (χ3v) is 4.48. The van der Waals surface area contributed by atoms with Gasteiger partial charge in [0.25, 0.3) is 0 Å². The van der Waals surface area contributed by atoms with Gasteiger partial charge in [-0.05, 0) is 37.8 Å². The minimum Gasteiger partial charge on any atom is -0.487 e. The molecule has 0 unspecified atom stereocenters. The summed E-state index contributed by atoms with van der Waals surface area (Å²) < 4.78 is 7.23. The van der Waals surface area contributed by atoms with Crippen LogP contribution in [0.2, 0.25) is 0 Å².